The standard InChI is InChI=1S/C31H39F3N4O4.C24H20BF5N6OS.C4H10.C2H6/c1-21(22-7-9-23(10-8-22)29-24(32)11-12-25(33)30(29)34)36-31(41)26-6-4-17-38(26)28(40)20-35-27(39)13-19-42-18-5-16-37-14-2-3-15-37;1-3-17(26)20-12(15(8-31)21(32)38-20)6-13-16(24(28,29)30)7-14-19(18(13)27)33-23(37-2)34-22(14)36-9-11-4-5-25(10-36)35-11;1-4(2)3;1-2/h7-12,21,26H,2-6,13-20H2,1H3,(H,35,39)(H,36,41);3,6-7,11,35H,1,4-5,9-10,32H2,2H3;4H,1-3H3;1-2H3/b;12-6+,20-17-;;/t21-,26-;;;/m0.../s1. The zero-order chi connectivity index (χ0) is 63.0. The van der Waals surface area contributed by atoms with Crippen molar-refractivity contribution in [1.29, 1.82) is 5.26 Å². The Morgan fingerprint density at radius 1 is 0.977 bits per heavy atom. The number of benzene rings is 3. The number of nitrogens with zero attached hydrogens (tertiary/aromatic N) is 6. The van der Waals surface area contributed by atoms with Crippen molar-refractivity contribution in [2.75, 3.05) is 76.7 Å². The lowest BCUT2D eigenvalue weighted by Crippen LogP contribution is -2.54. The van der Waals surface area contributed by atoms with Gasteiger partial charge in [-0.25, -0.2) is 22.0 Å². The Hall–Kier alpha value is -7.14. The fraction of sp³-hybridized carbons (Fsp3) is 0.475. The van der Waals surface area contributed by atoms with Crippen molar-refractivity contribution >= 4 is 69.5 Å². The average Bonchev–Trinajstić information content (AvgIpc) is 0.986. The van der Waals surface area contributed by atoms with Crippen LogP contribution in [0.2, 0.25) is 6.32 Å². The van der Waals surface area contributed by atoms with Gasteiger partial charge in [-0.15, -0.1) is 11.3 Å². The van der Waals surface area contributed by atoms with E-state index < -0.39 is 69.6 Å². The fourth-order valence-corrected chi connectivity index (χ4v) is 11.4. The molecule has 3 amide bonds. The molecule has 5 N–H and O–H groups in total. The largest absolute Gasteiger partial charge is 0.467 e. The minimum Gasteiger partial charge on any atom is -0.467 e. The normalized spacial score (nSPS) is 17.4. The number of alkyl halides is 3. The van der Waals surface area contributed by atoms with E-state index in [0.29, 0.717) is 62.5 Å². The molecule has 3 aromatic carbocycles. The molecule has 5 aromatic rings. The maximum atomic E-state index is 16.1. The maximum Gasteiger partial charge on any atom is 0.417 e. The van der Waals surface area contributed by atoms with Gasteiger partial charge in [0.05, 0.1) is 47.5 Å². The molecule has 4 aliphatic heterocycles. The molecule has 4 fully saturated rings. The molecule has 0 saturated carbocycles. The van der Waals surface area contributed by atoms with Crippen molar-refractivity contribution in [3.05, 3.63) is 110 Å². The third kappa shape index (κ3) is 17.3. The molecule has 0 aliphatic carbocycles. The van der Waals surface area contributed by atoms with Gasteiger partial charge in [-0.05, 0) is 106 Å². The number of fused-ring (bicyclic) bond motifs is 3. The van der Waals surface area contributed by atoms with Gasteiger partial charge in [-0.2, -0.15) is 28.4 Å². The van der Waals surface area contributed by atoms with E-state index in [-0.39, 0.29) is 86.7 Å². The third-order valence-corrected chi connectivity index (χ3v) is 15.6. The molecule has 464 valence electrons. The Morgan fingerprint density at radius 3 is 2.30 bits per heavy atom. The lowest BCUT2D eigenvalue weighted by molar-refractivity contribution is -0.139. The number of hydrogen-bond acceptors (Lipinski definition) is 13. The van der Waals surface area contributed by atoms with Crippen LogP contribution in [-0.4, -0.2) is 122 Å². The van der Waals surface area contributed by atoms with Gasteiger partial charge >= 0.3 is 12.2 Å². The van der Waals surface area contributed by atoms with Gasteiger partial charge in [0.2, 0.25) is 24.6 Å². The monoisotopic (exact) mass is 1220 g/mol. The van der Waals surface area contributed by atoms with Crippen molar-refractivity contribution in [2.45, 2.75) is 117 Å². The number of nitrogens with two attached hydrogens (primary N) is 1. The van der Waals surface area contributed by atoms with Crippen LogP contribution < -0.4 is 41.0 Å². The Balaban J connectivity index is 0.000000253. The van der Waals surface area contributed by atoms with Crippen molar-refractivity contribution < 1.29 is 59.0 Å². The molecular formula is C61H75BF8N10O5S. The number of carbonyl (C=O) groups is 3. The number of nitriles is 1. The van der Waals surface area contributed by atoms with E-state index in [1.54, 1.807) is 25.1 Å². The van der Waals surface area contributed by atoms with E-state index in [1.165, 1.54) is 37.0 Å². The van der Waals surface area contributed by atoms with Crippen LogP contribution in [0, 0.1) is 40.5 Å². The van der Waals surface area contributed by atoms with Crippen molar-refractivity contribution in [1.82, 2.24) is 35.6 Å². The summed E-state index contributed by atoms with van der Waals surface area (Å²) in [6, 6.07) is 9.10. The number of ether oxygens (including phenoxy) is 2. The summed E-state index contributed by atoms with van der Waals surface area (Å²) in [5.41, 5.74) is 3.30. The molecule has 0 radical (unpaired) electrons. The van der Waals surface area contributed by atoms with Crippen LogP contribution in [0.25, 0.3) is 33.9 Å². The van der Waals surface area contributed by atoms with Gasteiger partial charge in [0.15, 0.2) is 17.5 Å². The zero-order valence-corrected chi connectivity index (χ0v) is 50.4. The van der Waals surface area contributed by atoms with E-state index in [9.17, 15) is 50.4 Å². The number of methoxy groups -OCH3 is 1. The summed E-state index contributed by atoms with van der Waals surface area (Å²) in [6.07, 6.45) is 3.66. The summed E-state index contributed by atoms with van der Waals surface area (Å²) in [6.45, 7) is 20.6. The van der Waals surface area contributed by atoms with E-state index in [1.807, 2.05) is 18.7 Å². The SMILES string of the molecule is C=C/C(F)=c1/sc(N)c(C#N)/c1=C\c1c(C(F)(F)F)cc2c(N3CB4CCC(C3)N4)nc(OC)nc2c1F.CC.CC(C)C.C[C@H](NC(=O)[C@@H]1CCCN1C(=O)CNC(=O)CCOCCCN1CCCC1)c1ccc(-c2c(F)ccc(F)c2F)cc1. The second-order valence-electron chi connectivity index (χ2n) is 21.6. The quantitative estimate of drug-likeness (QED) is 0.0299. The molecule has 4 aliphatic rings. The Morgan fingerprint density at radius 2 is 1.66 bits per heavy atom. The predicted molar refractivity (Wildman–Crippen MR) is 320 cm³/mol. The minimum absolute atomic E-state index is 0.125. The molecule has 2 bridgehead atoms. The topological polar surface area (TPSA) is 191 Å². The number of allylic oxidation sites excluding steroid dienone is 1. The average molecular weight is 1220 g/mol. The van der Waals surface area contributed by atoms with Crippen LogP contribution in [0.4, 0.5) is 45.9 Å². The van der Waals surface area contributed by atoms with Gasteiger partial charge in [0.25, 0.3) is 0 Å². The predicted octanol–water partition coefficient (Wildman–Crippen LogP) is 9.75. The molecule has 4 saturated heterocycles. The second kappa shape index (κ2) is 31.5. The number of hydrogen-bond donors (Lipinski definition) is 4. The summed E-state index contributed by atoms with van der Waals surface area (Å²) in [5.74, 6) is -5.47. The number of anilines is 2. The van der Waals surface area contributed by atoms with E-state index in [0.717, 1.165) is 75.1 Å². The first-order valence-electron chi connectivity index (χ1n) is 28.9. The lowest BCUT2D eigenvalue weighted by Gasteiger charge is -2.33. The molecule has 9 rings (SSSR count). The van der Waals surface area contributed by atoms with Gasteiger partial charge in [0.1, 0.15) is 40.1 Å². The summed E-state index contributed by atoms with van der Waals surface area (Å²) in [7, 11) is 1.27. The summed E-state index contributed by atoms with van der Waals surface area (Å²) in [4.78, 5) is 52.1. The highest BCUT2D eigenvalue weighted by atomic mass is 32.1. The smallest absolute Gasteiger partial charge is 0.417 e. The second-order valence-corrected chi connectivity index (χ2v) is 22.7. The third-order valence-electron chi connectivity index (χ3n) is 14.6. The molecule has 2 aromatic heterocycles. The van der Waals surface area contributed by atoms with E-state index in [2.05, 4.69) is 58.1 Å². The number of thiophene rings is 1. The molecular weight excluding hydrogens is 1150 g/mol. The van der Waals surface area contributed by atoms with Crippen LogP contribution in [0.3, 0.4) is 0 Å². The zero-order valence-electron chi connectivity index (χ0n) is 49.5. The number of nitrogens with one attached hydrogen (secondary N) is 3. The van der Waals surface area contributed by atoms with Gasteiger partial charge < -0.3 is 45.8 Å². The van der Waals surface area contributed by atoms with E-state index in [4.69, 9.17) is 15.2 Å². The Bertz CT molecular complexity index is 3340. The first kappa shape index (κ1) is 68.0. The Labute approximate surface area is 500 Å². The molecule has 15 nitrogen and oxygen atoms in total. The van der Waals surface area contributed by atoms with Gasteiger partial charge in [-0.1, -0.05) is 71.8 Å². The molecule has 0 spiro atoms. The number of halogens is 8. The number of nitrogen functional groups attached to an aromatic ring is 1. The molecule has 25 heteroatoms. The fourth-order valence-electron chi connectivity index (χ4n) is 10.5. The van der Waals surface area contributed by atoms with Crippen LogP contribution >= 0.6 is 11.3 Å². The summed E-state index contributed by atoms with van der Waals surface area (Å²) in [5, 5.41) is 18.0. The van der Waals surface area contributed by atoms with Crippen LogP contribution in [-0.2, 0) is 25.3 Å². The first-order valence-corrected chi connectivity index (χ1v) is 29.7. The summed E-state index contributed by atoms with van der Waals surface area (Å²) >= 11 is 0.653. The minimum atomic E-state index is -5.00. The molecule has 3 atom stereocenters. The Kier molecular flexibility index (Phi) is 24.9. The molecule has 1 unspecified atom stereocenters. The van der Waals surface area contributed by atoms with Crippen molar-refractivity contribution in [3.8, 4) is 23.2 Å². The van der Waals surface area contributed by atoms with Gasteiger partial charge in [0, 0.05) is 61.3 Å². The van der Waals surface area contributed by atoms with Gasteiger partial charge in [-0.3, -0.25) is 14.4 Å². The highest BCUT2D eigenvalue weighted by Gasteiger charge is 2.40. The van der Waals surface area contributed by atoms with Crippen LogP contribution in [0.15, 0.2) is 55.1 Å². The molecule has 86 heavy (non-hydrogen) atoms. The van der Waals surface area contributed by atoms with E-state index >= 15 is 4.39 Å². The number of carbonyl (C=O) groups excluding carboxylic acids is 3. The number of amides is 3. The highest BCUT2D eigenvalue weighted by Crippen LogP contribution is 2.40. The highest BCUT2D eigenvalue weighted by molar-refractivity contribution is 7.14. The summed E-state index contributed by atoms with van der Waals surface area (Å²) < 4.78 is 126. The molecule has 6 heterocycles. The number of rotatable bonds is 17. The number of likely N-dealkylation sites (tertiary alicyclic amines) is 2. The van der Waals surface area contributed by atoms with Crippen LogP contribution in [0.1, 0.15) is 115 Å². The van der Waals surface area contributed by atoms with Crippen LogP contribution in [0.5, 0.6) is 6.01 Å². The number of aromatic nitrogens is 2. The maximum absolute atomic E-state index is 16.1. The van der Waals surface area contributed by atoms with Crippen molar-refractivity contribution in [2.24, 2.45) is 5.92 Å². The lowest BCUT2D eigenvalue weighted by atomic mass is 9.61. The first-order chi connectivity index (χ1) is 41.0. The van der Waals surface area contributed by atoms with Crippen molar-refractivity contribution in [3.63, 3.8) is 0 Å².